The van der Waals surface area contributed by atoms with Crippen LogP contribution in [0.4, 0.5) is 4.39 Å². The molecule has 1 amide bonds. The summed E-state index contributed by atoms with van der Waals surface area (Å²) in [6.07, 6.45) is 7.86. The first-order valence-corrected chi connectivity index (χ1v) is 11.4. The zero-order valence-electron chi connectivity index (χ0n) is 15.0. The smallest absolute Gasteiger partial charge is 0.267 e. The predicted octanol–water partition coefficient (Wildman–Crippen LogP) is 4.05. The van der Waals surface area contributed by atoms with E-state index in [1.54, 1.807) is 0 Å². The highest BCUT2D eigenvalue weighted by atomic mass is 35.5. The van der Waals surface area contributed by atoms with Crippen LogP contribution in [0.1, 0.15) is 61.7 Å². The zero-order valence-corrected chi connectivity index (χ0v) is 16.5. The molecule has 0 aromatic heterocycles. The highest BCUT2D eigenvalue weighted by Crippen LogP contribution is 2.63. The average molecular weight is 416 g/mol. The molecule has 27 heavy (non-hydrogen) atoms. The number of carbonyl (C=O) groups is 1. The molecule has 0 saturated heterocycles. The number of hydrogen-bond acceptors (Lipinski definition) is 4. The third-order valence-corrected chi connectivity index (χ3v) is 8.47. The normalized spacial score (nSPS) is 23.9. The molecule has 3 aliphatic rings. The molecule has 8 heteroatoms. The number of amides is 1. The Bertz CT molecular complexity index is 863. The van der Waals surface area contributed by atoms with Crippen LogP contribution in [0.25, 0.3) is 0 Å². The number of sulfonamides is 1. The van der Waals surface area contributed by atoms with Gasteiger partial charge >= 0.3 is 0 Å². The fraction of sp³-hybridized carbons (Fsp3) is 0.632. The molecule has 0 heterocycles. The second-order valence-electron chi connectivity index (χ2n) is 8.11. The Morgan fingerprint density at radius 2 is 1.96 bits per heavy atom. The molecule has 3 aliphatic carbocycles. The van der Waals surface area contributed by atoms with Gasteiger partial charge in [-0.3, -0.25) is 4.79 Å². The second-order valence-corrected chi connectivity index (χ2v) is 10.4. The van der Waals surface area contributed by atoms with Crippen molar-refractivity contribution in [3.05, 3.63) is 28.5 Å². The first-order valence-electron chi connectivity index (χ1n) is 9.49. The van der Waals surface area contributed by atoms with Crippen LogP contribution in [0.3, 0.4) is 0 Å². The first kappa shape index (κ1) is 19.0. The first-order chi connectivity index (χ1) is 12.8. The molecule has 5 nitrogen and oxygen atoms in total. The monoisotopic (exact) mass is 415 g/mol. The maximum absolute atomic E-state index is 14.4. The van der Waals surface area contributed by atoms with Crippen LogP contribution in [0.2, 0.25) is 5.02 Å². The summed E-state index contributed by atoms with van der Waals surface area (Å²) in [7, 11) is -3.80. The molecule has 148 valence electrons. The van der Waals surface area contributed by atoms with Crippen molar-refractivity contribution >= 4 is 27.5 Å². The van der Waals surface area contributed by atoms with Gasteiger partial charge in [-0.2, -0.15) is 0 Å². The third kappa shape index (κ3) is 3.68. The molecular weight excluding hydrogens is 393 g/mol. The van der Waals surface area contributed by atoms with Crippen LogP contribution in [-0.4, -0.2) is 26.2 Å². The number of carbonyl (C=O) groups excluding carboxylic acids is 1. The molecule has 1 aromatic rings. The van der Waals surface area contributed by atoms with Gasteiger partial charge in [-0.15, -0.1) is 0 Å². The Morgan fingerprint density at radius 3 is 2.56 bits per heavy atom. The highest BCUT2D eigenvalue weighted by molar-refractivity contribution is 7.91. The molecule has 4 rings (SSSR count). The Morgan fingerprint density at radius 1 is 1.26 bits per heavy atom. The fourth-order valence-electron chi connectivity index (χ4n) is 4.36. The molecule has 1 unspecified atom stereocenters. The van der Waals surface area contributed by atoms with E-state index in [0.717, 1.165) is 44.2 Å². The summed E-state index contributed by atoms with van der Waals surface area (Å²) < 4.78 is 46.8. The van der Waals surface area contributed by atoms with Crippen LogP contribution in [-0.2, 0) is 10.0 Å². The molecule has 0 aliphatic heterocycles. The summed E-state index contributed by atoms with van der Waals surface area (Å²) in [4.78, 5) is 12.3. The van der Waals surface area contributed by atoms with Gasteiger partial charge in [0.2, 0.25) is 10.0 Å². The van der Waals surface area contributed by atoms with Gasteiger partial charge in [0, 0.05) is 6.07 Å². The van der Waals surface area contributed by atoms with E-state index in [0.29, 0.717) is 18.9 Å². The number of halogens is 2. The van der Waals surface area contributed by atoms with Crippen LogP contribution in [0.15, 0.2) is 12.1 Å². The van der Waals surface area contributed by atoms with E-state index in [9.17, 15) is 17.6 Å². The number of rotatable bonds is 6. The molecule has 1 spiro atoms. The summed E-state index contributed by atoms with van der Waals surface area (Å²) in [6, 6.07) is 2.20. The van der Waals surface area contributed by atoms with Gasteiger partial charge in [0.1, 0.15) is 11.6 Å². The van der Waals surface area contributed by atoms with Gasteiger partial charge < -0.3 is 4.74 Å². The maximum atomic E-state index is 14.4. The van der Waals surface area contributed by atoms with Crippen molar-refractivity contribution in [1.82, 2.24) is 4.72 Å². The van der Waals surface area contributed by atoms with Gasteiger partial charge in [-0.1, -0.05) is 30.9 Å². The minimum atomic E-state index is -3.80. The fourth-order valence-corrected chi connectivity index (χ4v) is 6.53. The predicted molar refractivity (Wildman–Crippen MR) is 99.9 cm³/mol. The molecule has 0 bridgehead atoms. The summed E-state index contributed by atoms with van der Waals surface area (Å²) >= 11 is 6.13. The second kappa shape index (κ2) is 6.92. The summed E-state index contributed by atoms with van der Waals surface area (Å²) in [6.45, 7) is 0.461. The summed E-state index contributed by atoms with van der Waals surface area (Å²) in [5.41, 5.74) is -0.541. The van der Waals surface area contributed by atoms with Crippen molar-refractivity contribution in [2.45, 2.75) is 56.6 Å². The molecule has 3 saturated carbocycles. The lowest BCUT2D eigenvalue weighted by Gasteiger charge is -2.26. The lowest BCUT2D eigenvalue weighted by Crippen LogP contribution is -2.36. The van der Waals surface area contributed by atoms with Gasteiger partial charge in [-0.05, 0) is 49.5 Å². The zero-order chi connectivity index (χ0) is 19.2. The van der Waals surface area contributed by atoms with Crippen LogP contribution in [0, 0.1) is 17.2 Å². The van der Waals surface area contributed by atoms with Crippen molar-refractivity contribution < 1.29 is 22.3 Å². The molecule has 1 aromatic carbocycles. The van der Waals surface area contributed by atoms with E-state index in [2.05, 4.69) is 0 Å². The van der Waals surface area contributed by atoms with Gasteiger partial charge in [0.25, 0.3) is 5.91 Å². The highest BCUT2D eigenvalue weighted by Gasteiger charge is 2.64. The van der Waals surface area contributed by atoms with Crippen LogP contribution >= 0.6 is 11.6 Å². The summed E-state index contributed by atoms with van der Waals surface area (Å²) in [5.74, 6) is -1.22. The molecule has 0 radical (unpaired) electrons. The van der Waals surface area contributed by atoms with E-state index in [-0.39, 0.29) is 21.8 Å². The van der Waals surface area contributed by atoms with Crippen molar-refractivity contribution in [1.29, 1.82) is 0 Å². The molecule has 3 fully saturated rings. The van der Waals surface area contributed by atoms with Gasteiger partial charge in [0.15, 0.2) is 0 Å². The van der Waals surface area contributed by atoms with E-state index in [1.165, 1.54) is 12.8 Å². The average Bonchev–Trinajstić information content (AvgIpc) is 3.18. The Hall–Kier alpha value is -1.34. The number of hydrogen-bond donors (Lipinski definition) is 1. The third-order valence-electron chi connectivity index (χ3n) is 6.29. The van der Waals surface area contributed by atoms with Crippen molar-refractivity contribution in [2.75, 3.05) is 6.61 Å². The van der Waals surface area contributed by atoms with Gasteiger partial charge in [0.05, 0.1) is 22.4 Å². The number of benzene rings is 1. The molecule has 1 atom stereocenters. The van der Waals surface area contributed by atoms with Gasteiger partial charge in [-0.25, -0.2) is 17.5 Å². The molecular formula is C19H23ClFNO4S. The van der Waals surface area contributed by atoms with Crippen molar-refractivity contribution in [3.8, 4) is 5.75 Å². The van der Waals surface area contributed by atoms with E-state index in [4.69, 9.17) is 16.3 Å². The quantitative estimate of drug-likeness (QED) is 0.760. The van der Waals surface area contributed by atoms with Crippen molar-refractivity contribution in [3.63, 3.8) is 0 Å². The topological polar surface area (TPSA) is 72.5 Å². The van der Waals surface area contributed by atoms with Crippen LogP contribution < -0.4 is 9.46 Å². The lowest BCUT2D eigenvalue weighted by atomic mass is 9.82. The summed E-state index contributed by atoms with van der Waals surface area (Å²) in [5, 5.41) is -0.450. The van der Waals surface area contributed by atoms with E-state index in [1.807, 2.05) is 4.72 Å². The minimum absolute atomic E-state index is 0.0961. The molecule has 1 N–H and O–H groups in total. The number of ether oxygens (including phenoxy) is 1. The number of nitrogens with one attached hydrogen (secondary N) is 1. The van der Waals surface area contributed by atoms with E-state index < -0.39 is 27.0 Å². The lowest BCUT2D eigenvalue weighted by molar-refractivity contribution is 0.0977. The maximum Gasteiger partial charge on any atom is 0.267 e. The van der Waals surface area contributed by atoms with E-state index >= 15 is 0 Å². The largest absolute Gasteiger partial charge is 0.492 e. The standard InChI is InChI=1S/C19H23ClFNO4S/c20-14-8-13(15(21)9-16(14)26-11-12-4-1-2-5-12)18(23)22-27(24,25)17-10-19(17)6-3-7-19/h8-9,12,17H,1-7,10-11H2,(H,22,23). The van der Waals surface area contributed by atoms with Crippen molar-refractivity contribution in [2.24, 2.45) is 11.3 Å². The Kier molecular flexibility index (Phi) is 4.87. The SMILES string of the molecule is O=C(NS(=O)(=O)C1CC12CCC2)c1cc(Cl)c(OCC2CCCC2)cc1F. The minimum Gasteiger partial charge on any atom is -0.492 e. The Balaban J connectivity index is 1.43. The van der Waals surface area contributed by atoms with Crippen LogP contribution in [0.5, 0.6) is 5.75 Å². The Labute approximate surface area is 163 Å².